The summed E-state index contributed by atoms with van der Waals surface area (Å²) in [5.74, 6) is 1.67. The molecule has 318 valence electrons. The number of nitrogens with zero attached hydrogens (tertiary/aromatic N) is 1. The first-order valence-corrected chi connectivity index (χ1v) is 23.6. The van der Waals surface area contributed by atoms with Crippen molar-refractivity contribution in [3.63, 3.8) is 0 Å². The van der Waals surface area contributed by atoms with E-state index >= 15 is 0 Å². The Morgan fingerprint density at radius 2 is 0.868 bits per heavy atom. The number of carbonyl (C=O) groups is 2. The van der Waals surface area contributed by atoms with Crippen LogP contribution in [-0.2, 0) is 19.1 Å². The van der Waals surface area contributed by atoms with Gasteiger partial charge in [0.05, 0.1) is 19.8 Å². The van der Waals surface area contributed by atoms with Gasteiger partial charge in [0.1, 0.15) is 0 Å². The molecular weight excluding hydrogens is 659 g/mol. The van der Waals surface area contributed by atoms with Crippen LogP contribution < -0.4 is 0 Å². The van der Waals surface area contributed by atoms with Crippen molar-refractivity contribution in [1.29, 1.82) is 0 Å². The first-order valence-electron chi connectivity index (χ1n) is 23.6. The van der Waals surface area contributed by atoms with Crippen LogP contribution in [0.15, 0.2) is 0 Å². The molecule has 0 spiro atoms. The van der Waals surface area contributed by atoms with Crippen LogP contribution in [0.4, 0.5) is 0 Å². The fourth-order valence-electron chi connectivity index (χ4n) is 7.46. The Labute approximate surface area is 332 Å². The zero-order valence-corrected chi connectivity index (χ0v) is 36.6. The lowest BCUT2D eigenvalue weighted by molar-refractivity contribution is -0.144. The topological polar surface area (TPSA) is 76.1 Å². The van der Waals surface area contributed by atoms with E-state index in [0.29, 0.717) is 26.1 Å². The first kappa shape index (κ1) is 54.0. The van der Waals surface area contributed by atoms with Gasteiger partial charge in [0, 0.05) is 13.0 Å². The third-order valence-electron chi connectivity index (χ3n) is 10.9. The monoisotopic (exact) mass is 754 g/mol. The van der Waals surface area contributed by atoms with Crippen LogP contribution in [0.1, 0.15) is 240 Å². The number of carbonyl (C=O) groups excluding carboxylic acids is 2. The Morgan fingerprint density at radius 1 is 0.491 bits per heavy atom. The molecule has 0 radical (unpaired) electrons. The molecule has 0 aliphatic heterocycles. The third-order valence-corrected chi connectivity index (χ3v) is 10.9. The number of aliphatic hydroxyl groups is 1. The fraction of sp³-hybridized carbons (Fsp3) is 0.957. The van der Waals surface area contributed by atoms with Crippen molar-refractivity contribution in [3.8, 4) is 0 Å². The van der Waals surface area contributed by atoms with Crippen molar-refractivity contribution in [3.05, 3.63) is 0 Å². The van der Waals surface area contributed by atoms with Gasteiger partial charge in [0.15, 0.2) is 0 Å². The molecule has 0 atom stereocenters. The molecule has 0 heterocycles. The molecule has 0 aromatic heterocycles. The van der Waals surface area contributed by atoms with Crippen LogP contribution in [0.3, 0.4) is 0 Å². The zero-order valence-electron chi connectivity index (χ0n) is 36.6. The van der Waals surface area contributed by atoms with E-state index < -0.39 is 0 Å². The molecule has 0 amide bonds. The summed E-state index contributed by atoms with van der Waals surface area (Å²) in [4.78, 5) is 24.6. The van der Waals surface area contributed by atoms with Crippen LogP contribution in [0.25, 0.3) is 0 Å². The van der Waals surface area contributed by atoms with E-state index in [0.717, 1.165) is 57.2 Å². The van der Waals surface area contributed by atoms with Gasteiger partial charge in [-0.3, -0.25) is 9.59 Å². The highest BCUT2D eigenvalue weighted by Crippen LogP contribution is 2.23. The normalized spacial score (nSPS) is 11.3. The number of esters is 1. The molecule has 0 aromatic rings. The maximum atomic E-state index is 12.1. The Balaban J connectivity index is 0. The number of hydrogen-bond acceptors (Lipinski definition) is 6. The first-order chi connectivity index (χ1) is 26.0. The molecule has 0 saturated heterocycles. The maximum Gasteiger partial charge on any atom is 0.305 e. The van der Waals surface area contributed by atoms with E-state index in [1.165, 1.54) is 173 Å². The molecule has 53 heavy (non-hydrogen) atoms. The van der Waals surface area contributed by atoms with Crippen LogP contribution in [0.5, 0.6) is 0 Å². The smallest absolute Gasteiger partial charge is 0.305 e. The summed E-state index contributed by atoms with van der Waals surface area (Å²) in [7, 11) is 0. The molecule has 0 aromatic carbocycles. The number of hydrogen-bond donors (Lipinski definition) is 1. The summed E-state index contributed by atoms with van der Waals surface area (Å²) >= 11 is 0. The predicted molar refractivity (Wildman–Crippen MR) is 230 cm³/mol. The maximum absolute atomic E-state index is 12.1. The molecular formula is C47H95NO5. The van der Waals surface area contributed by atoms with Gasteiger partial charge in [-0.15, -0.1) is 0 Å². The second kappa shape index (κ2) is 47.0. The molecule has 0 aliphatic carbocycles. The van der Waals surface area contributed by atoms with Gasteiger partial charge < -0.3 is 19.5 Å². The largest absolute Gasteiger partial charge is 0.468 e. The Kier molecular flexibility index (Phi) is 47.9. The SMILES string of the molecule is CCCCCC(CCCCC)CCCOC=O.CCCCCCCCN(CCO)CCCCCCCC(=O)OCCCC(CCCCC)CCCCC. The lowest BCUT2D eigenvalue weighted by atomic mass is 9.91. The Morgan fingerprint density at radius 3 is 1.30 bits per heavy atom. The molecule has 0 aliphatic rings. The molecule has 0 saturated carbocycles. The molecule has 1 N–H and O–H groups in total. The van der Waals surface area contributed by atoms with Gasteiger partial charge in [-0.2, -0.15) is 0 Å². The van der Waals surface area contributed by atoms with Crippen molar-refractivity contribution >= 4 is 12.4 Å². The second-order valence-electron chi connectivity index (χ2n) is 16.0. The van der Waals surface area contributed by atoms with E-state index in [-0.39, 0.29) is 12.6 Å². The van der Waals surface area contributed by atoms with E-state index in [1.54, 1.807) is 0 Å². The number of aliphatic hydroxyl groups excluding tert-OH is 1. The van der Waals surface area contributed by atoms with Crippen molar-refractivity contribution in [1.82, 2.24) is 4.90 Å². The zero-order chi connectivity index (χ0) is 39.3. The third kappa shape index (κ3) is 43.5. The van der Waals surface area contributed by atoms with E-state index in [2.05, 4.69) is 39.5 Å². The quantitative estimate of drug-likeness (QED) is 0.0380. The van der Waals surface area contributed by atoms with E-state index in [1.807, 2.05) is 0 Å². The van der Waals surface area contributed by atoms with Crippen molar-refractivity contribution in [2.24, 2.45) is 11.8 Å². The summed E-state index contributed by atoms with van der Waals surface area (Å²) in [6.07, 6.45) is 40.1. The highest BCUT2D eigenvalue weighted by molar-refractivity contribution is 5.69. The van der Waals surface area contributed by atoms with Crippen LogP contribution in [-0.4, -0.2) is 61.9 Å². The number of rotatable bonds is 42. The minimum absolute atomic E-state index is 0.00317. The van der Waals surface area contributed by atoms with Gasteiger partial charge in [-0.25, -0.2) is 0 Å². The molecule has 0 rings (SSSR count). The van der Waals surface area contributed by atoms with Crippen LogP contribution in [0.2, 0.25) is 0 Å². The number of unbranched alkanes of at least 4 members (excludes halogenated alkanes) is 17. The highest BCUT2D eigenvalue weighted by atomic mass is 16.5. The van der Waals surface area contributed by atoms with Crippen LogP contribution >= 0.6 is 0 Å². The molecule has 0 unspecified atom stereocenters. The summed E-state index contributed by atoms with van der Waals surface area (Å²) in [5.41, 5.74) is 0. The van der Waals surface area contributed by atoms with Gasteiger partial charge in [0.25, 0.3) is 6.47 Å². The minimum atomic E-state index is -0.00317. The summed E-state index contributed by atoms with van der Waals surface area (Å²) in [5, 5.41) is 9.34. The Bertz CT molecular complexity index is 684. The highest BCUT2D eigenvalue weighted by Gasteiger charge is 2.11. The molecule has 6 nitrogen and oxygen atoms in total. The van der Waals surface area contributed by atoms with Crippen LogP contribution in [0, 0.1) is 11.8 Å². The average molecular weight is 754 g/mol. The predicted octanol–water partition coefficient (Wildman–Crippen LogP) is 13.8. The molecule has 6 heteroatoms. The van der Waals surface area contributed by atoms with Gasteiger partial charge >= 0.3 is 5.97 Å². The summed E-state index contributed by atoms with van der Waals surface area (Å²) in [6, 6.07) is 0. The standard InChI is InChI=1S/C32H65NO3.C15H30O2/c1-4-7-10-11-14-19-26-33(28-29-34)27-20-15-12-13-18-25-32(35)36-30-21-24-31(22-16-8-5-2)23-17-9-6-3;1-3-5-7-10-15(11-8-6-4-2)12-9-13-17-14-16/h31,34H,4-30H2,1-3H3;14-15H,3-13H2,1-2H3. The van der Waals surface area contributed by atoms with E-state index in [9.17, 15) is 14.7 Å². The van der Waals surface area contributed by atoms with Gasteiger partial charge in [-0.05, 0) is 69.9 Å². The summed E-state index contributed by atoms with van der Waals surface area (Å²) < 4.78 is 10.3. The molecule has 0 bridgehead atoms. The lowest BCUT2D eigenvalue weighted by Crippen LogP contribution is -2.29. The van der Waals surface area contributed by atoms with Crippen molar-refractivity contribution in [2.75, 3.05) is 39.5 Å². The average Bonchev–Trinajstić information content (AvgIpc) is 3.16. The Hall–Kier alpha value is -1.14. The summed E-state index contributed by atoms with van der Waals surface area (Å²) in [6.45, 7) is 16.4. The number of ether oxygens (including phenoxy) is 2. The fourth-order valence-corrected chi connectivity index (χ4v) is 7.46. The lowest BCUT2D eigenvalue weighted by Gasteiger charge is -2.21. The minimum Gasteiger partial charge on any atom is -0.468 e. The second-order valence-corrected chi connectivity index (χ2v) is 16.0. The van der Waals surface area contributed by atoms with E-state index in [4.69, 9.17) is 9.47 Å². The van der Waals surface area contributed by atoms with Gasteiger partial charge in [0.2, 0.25) is 0 Å². The van der Waals surface area contributed by atoms with Gasteiger partial charge in [-0.1, -0.05) is 189 Å². The van der Waals surface area contributed by atoms with Crippen molar-refractivity contribution in [2.45, 2.75) is 240 Å². The molecule has 0 fully saturated rings. The van der Waals surface area contributed by atoms with Crippen molar-refractivity contribution < 1.29 is 24.2 Å².